The second kappa shape index (κ2) is 4.89. The highest BCUT2D eigenvalue weighted by molar-refractivity contribution is 7.99. The molecule has 5 nitrogen and oxygen atoms in total. The number of aryl methyl sites for hydroxylation is 3. The molecule has 0 bridgehead atoms. The van der Waals surface area contributed by atoms with Crippen molar-refractivity contribution in [1.82, 2.24) is 19.9 Å². The zero-order valence-corrected chi connectivity index (χ0v) is 11.7. The van der Waals surface area contributed by atoms with E-state index in [-0.39, 0.29) is 5.95 Å². The summed E-state index contributed by atoms with van der Waals surface area (Å²) in [6.45, 7) is 7.86. The summed E-state index contributed by atoms with van der Waals surface area (Å²) in [5, 5.41) is 1.45. The highest BCUT2D eigenvalue weighted by atomic mass is 32.2. The molecular formula is C12H15N5S. The number of nitrogens with zero attached hydrogens (tertiary/aromatic N) is 4. The van der Waals surface area contributed by atoms with Crippen LogP contribution in [0.4, 0.5) is 5.95 Å². The second-order valence-electron chi connectivity index (χ2n) is 4.11. The van der Waals surface area contributed by atoms with E-state index >= 15 is 0 Å². The van der Waals surface area contributed by atoms with E-state index in [0.29, 0.717) is 5.16 Å². The van der Waals surface area contributed by atoms with Gasteiger partial charge >= 0.3 is 0 Å². The van der Waals surface area contributed by atoms with Crippen molar-refractivity contribution in [1.29, 1.82) is 0 Å². The molecule has 2 N–H and O–H groups in total. The summed E-state index contributed by atoms with van der Waals surface area (Å²) in [5.74, 6) is 0.276. The third-order valence-corrected chi connectivity index (χ3v) is 3.44. The summed E-state index contributed by atoms with van der Waals surface area (Å²) in [6, 6.07) is 1.87. The number of anilines is 1. The molecule has 0 aliphatic rings. The zero-order chi connectivity index (χ0) is 13.3. The highest BCUT2D eigenvalue weighted by Crippen LogP contribution is 2.25. The lowest BCUT2D eigenvalue weighted by atomic mass is 10.2. The predicted molar refractivity (Wildman–Crippen MR) is 71.5 cm³/mol. The molecule has 0 atom stereocenters. The van der Waals surface area contributed by atoms with Crippen LogP contribution in [0.1, 0.15) is 22.6 Å². The molecule has 6 heteroatoms. The topological polar surface area (TPSA) is 77.6 Å². The first kappa shape index (κ1) is 12.8. The van der Waals surface area contributed by atoms with Gasteiger partial charge in [0, 0.05) is 17.1 Å². The first-order chi connectivity index (χ1) is 8.45. The molecule has 0 saturated heterocycles. The Bertz CT molecular complexity index is 554. The summed E-state index contributed by atoms with van der Waals surface area (Å²) in [4.78, 5) is 17.1. The van der Waals surface area contributed by atoms with Crippen LogP contribution in [0.15, 0.2) is 16.2 Å². The van der Waals surface area contributed by atoms with Crippen molar-refractivity contribution in [2.24, 2.45) is 0 Å². The van der Waals surface area contributed by atoms with E-state index < -0.39 is 0 Å². The Balaban J connectivity index is 2.34. The van der Waals surface area contributed by atoms with E-state index in [4.69, 9.17) is 5.73 Å². The smallest absolute Gasteiger partial charge is 0.221 e. The van der Waals surface area contributed by atoms with Crippen LogP contribution in [0.5, 0.6) is 0 Å². The van der Waals surface area contributed by atoms with Crippen molar-refractivity contribution in [3.63, 3.8) is 0 Å². The number of rotatable bonds is 2. The largest absolute Gasteiger partial charge is 0.368 e. The summed E-state index contributed by atoms with van der Waals surface area (Å²) >= 11 is 1.40. The lowest BCUT2D eigenvalue weighted by Crippen LogP contribution is -2.00. The Morgan fingerprint density at radius 2 is 1.56 bits per heavy atom. The first-order valence-corrected chi connectivity index (χ1v) is 6.38. The maximum atomic E-state index is 5.62. The van der Waals surface area contributed by atoms with Gasteiger partial charge in [-0.1, -0.05) is 0 Å². The molecule has 0 saturated carbocycles. The minimum Gasteiger partial charge on any atom is -0.368 e. The maximum absolute atomic E-state index is 5.62. The van der Waals surface area contributed by atoms with Gasteiger partial charge in [-0.3, -0.25) is 0 Å². The Morgan fingerprint density at radius 1 is 0.944 bits per heavy atom. The molecule has 0 fully saturated rings. The fourth-order valence-corrected chi connectivity index (χ4v) is 2.42. The Morgan fingerprint density at radius 3 is 2.11 bits per heavy atom. The van der Waals surface area contributed by atoms with Gasteiger partial charge in [-0.05, 0) is 51.1 Å². The van der Waals surface area contributed by atoms with Crippen LogP contribution in [-0.4, -0.2) is 19.9 Å². The van der Waals surface area contributed by atoms with E-state index in [1.165, 1.54) is 11.8 Å². The number of nitrogens with two attached hydrogens (primary N) is 1. The summed E-state index contributed by atoms with van der Waals surface area (Å²) < 4.78 is 0. The molecule has 0 radical (unpaired) electrons. The first-order valence-electron chi connectivity index (χ1n) is 5.56. The molecule has 94 valence electrons. The molecule has 2 aromatic rings. The average molecular weight is 261 g/mol. The van der Waals surface area contributed by atoms with E-state index in [0.717, 1.165) is 27.7 Å². The Labute approximate surface area is 110 Å². The molecule has 0 spiro atoms. The third kappa shape index (κ3) is 2.76. The van der Waals surface area contributed by atoms with Gasteiger partial charge in [-0.25, -0.2) is 19.9 Å². The van der Waals surface area contributed by atoms with Gasteiger partial charge in [0.05, 0.1) is 0 Å². The molecule has 2 heterocycles. The molecular weight excluding hydrogens is 246 g/mol. The zero-order valence-electron chi connectivity index (χ0n) is 10.9. The van der Waals surface area contributed by atoms with Crippen molar-refractivity contribution in [3.05, 3.63) is 28.7 Å². The molecule has 2 aromatic heterocycles. The Kier molecular flexibility index (Phi) is 3.47. The SMILES string of the molecule is Cc1cc(Sc2nc(C)c(C)c(C)n2)nc(N)n1. The van der Waals surface area contributed by atoms with Crippen molar-refractivity contribution in [2.45, 2.75) is 37.9 Å². The molecule has 0 amide bonds. The van der Waals surface area contributed by atoms with Crippen molar-refractivity contribution >= 4 is 17.7 Å². The molecule has 18 heavy (non-hydrogen) atoms. The quantitative estimate of drug-likeness (QED) is 0.660. The predicted octanol–water partition coefficient (Wildman–Crippen LogP) is 2.23. The van der Waals surface area contributed by atoms with Crippen LogP contribution in [0.25, 0.3) is 0 Å². The standard InChI is InChI=1S/C12H15N5S/c1-6-5-10(17-11(13)14-6)18-12-15-8(3)7(2)9(4)16-12/h5H,1-4H3,(H2,13,14,17). The van der Waals surface area contributed by atoms with Crippen molar-refractivity contribution < 1.29 is 0 Å². The van der Waals surface area contributed by atoms with Crippen molar-refractivity contribution in [3.8, 4) is 0 Å². The minimum absolute atomic E-state index is 0.276. The van der Waals surface area contributed by atoms with Gasteiger partial charge in [0.15, 0.2) is 5.16 Å². The third-order valence-electron chi connectivity index (χ3n) is 2.66. The van der Waals surface area contributed by atoms with Crippen LogP contribution >= 0.6 is 11.8 Å². The highest BCUT2D eigenvalue weighted by Gasteiger charge is 2.08. The molecule has 0 unspecified atom stereocenters. The van der Waals surface area contributed by atoms with Crippen molar-refractivity contribution in [2.75, 3.05) is 5.73 Å². The second-order valence-corrected chi connectivity index (χ2v) is 5.10. The molecule has 0 aromatic carbocycles. The van der Waals surface area contributed by atoms with Gasteiger partial charge in [-0.15, -0.1) is 0 Å². The van der Waals surface area contributed by atoms with Gasteiger partial charge in [0.25, 0.3) is 0 Å². The van der Waals surface area contributed by atoms with Crippen LogP contribution in [0, 0.1) is 27.7 Å². The van der Waals surface area contributed by atoms with Crippen LogP contribution in [-0.2, 0) is 0 Å². The lowest BCUT2D eigenvalue weighted by molar-refractivity contribution is 0.877. The number of aromatic nitrogens is 4. The number of hydrogen-bond acceptors (Lipinski definition) is 6. The van der Waals surface area contributed by atoms with E-state index in [9.17, 15) is 0 Å². The monoisotopic (exact) mass is 261 g/mol. The van der Waals surface area contributed by atoms with Gasteiger partial charge in [-0.2, -0.15) is 0 Å². The number of nitrogen functional groups attached to an aromatic ring is 1. The minimum atomic E-state index is 0.276. The van der Waals surface area contributed by atoms with Gasteiger partial charge in [0.2, 0.25) is 5.95 Å². The van der Waals surface area contributed by atoms with Crippen LogP contribution < -0.4 is 5.73 Å². The summed E-state index contributed by atoms with van der Waals surface area (Å²) in [5.41, 5.74) is 9.56. The van der Waals surface area contributed by atoms with Crippen LogP contribution in [0.3, 0.4) is 0 Å². The normalized spacial score (nSPS) is 10.7. The fourth-order valence-electron chi connectivity index (χ4n) is 1.49. The molecule has 0 aliphatic heterocycles. The maximum Gasteiger partial charge on any atom is 0.221 e. The lowest BCUT2D eigenvalue weighted by Gasteiger charge is -2.06. The van der Waals surface area contributed by atoms with Gasteiger partial charge < -0.3 is 5.73 Å². The fraction of sp³-hybridized carbons (Fsp3) is 0.333. The Hall–Kier alpha value is -1.69. The molecule has 0 aliphatic carbocycles. The van der Waals surface area contributed by atoms with Gasteiger partial charge in [0.1, 0.15) is 5.03 Å². The summed E-state index contributed by atoms with van der Waals surface area (Å²) in [7, 11) is 0. The number of hydrogen-bond donors (Lipinski definition) is 1. The van der Waals surface area contributed by atoms with E-state index in [1.54, 1.807) is 0 Å². The average Bonchev–Trinajstić information content (AvgIpc) is 2.24. The van der Waals surface area contributed by atoms with E-state index in [2.05, 4.69) is 19.9 Å². The summed E-state index contributed by atoms with van der Waals surface area (Å²) in [6.07, 6.45) is 0. The van der Waals surface area contributed by atoms with E-state index in [1.807, 2.05) is 33.8 Å². The molecule has 2 rings (SSSR count). The van der Waals surface area contributed by atoms with Crippen LogP contribution in [0.2, 0.25) is 0 Å².